The molecule has 0 radical (unpaired) electrons. The van der Waals surface area contributed by atoms with Crippen molar-refractivity contribution in [2.45, 2.75) is 31.9 Å². The minimum atomic E-state index is -0.318. The fourth-order valence-corrected chi connectivity index (χ4v) is 3.04. The van der Waals surface area contributed by atoms with Gasteiger partial charge in [-0.1, -0.05) is 12.1 Å². The van der Waals surface area contributed by atoms with Gasteiger partial charge >= 0.3 is 0 Å². The molecule has 1 aliphatic carbocycles. The van der Waals surface area contributed by atoms with Crippen LogP contribution in [0.3, 0.4) is 0 Å². The Labute approximate surface area is 134 Å². The summed E-state index contributed by atoms with van der Waals surface area (Å²) >= 11 is 0. The normalized spacial score (nSPS) is 21.5. The number of nitrogens with one attached hydrogen (secondary N) is 1. The first-order valence-corrected chi connectivity index (χ1v) is 7.71. The topological polar surface area (TPSA) is 87.4 Å². The number of aromatic hydroxyl groups is 1. The largest absolute Gasteiger partial charge is 0.507 e. The van der Waals surface area contributed by atoms with Crippen LogP contribution in [-0.4, -0.2) is 32.0 Å². The number of aryl methyl sites for hydroxylation is 2. The molecular formula is C17H21N3O3. The summed E-state index contributed by atoms with van der Waals surface area (Å²) in [7, 11) is 1.82. The van der Waals surface area contributed by atoms with Crippen LogP contribution in [0.25, 0.3) is 0 Å². The Morgan fingerprint density at radius 1 is 1.43 bits per heavy atom. The number of para-hydroxylation sites is 1. The third-order valence-corrected chi connectivity index (χ3v) is 4.47. The maximum Gasteiger partial charge on any atom is 0.255 e. The number of phenolic OH excluding ortho intramolecular Hbond substituents is 1. The van der Waals surface area contributed by atoms with Gasteiger partial charge in [0, 0.05) is 18.8 Å². The van der Waals surface area contributed by atoms with E-state index in [4.69, 9.17) is 0 Å². The molecule has 122 valence electrons. The van der Waals surface area contributed by atoms with Crippen LogP contribution in [0.2, 0.25) is 0 Å². The maximum absolute atomic E-state index is 12.6. The molecule has 1 saturated carbocycles. The Morgan fingerprint density at radius 3 is 2.78 bits per heavy atom. The third kappa shape index (κ3) is 3.07. The number of hydrogen-bond donors (Lipinski definition) is 3. The number of rotatable bonds is 4. The molecule has 1 fully saturated rings. The summed E-state index contributed by atoms with van der Waals surface area (Å²) in [5.74, 6) is -0.143. The van der Waals surface area contributed by atoms with Crippen molar-refractivity contribution in [1.29, 1.82) is 0 Å². The van der Waals surface area contributed by atoms with E-state index in [9.17, 15) is 15.0 Å². The Morgan fingerprint density at radius 2 is 2.17 bits per heavy atom. The molecule has 1 aromatic carbocycles. The summed E-state index contributed by atoms with van der Waals surface area (Å²) in [6, 6.07) is 4.89. The quantitative estimate of drug-likeness (QED) is 0.801. The zero-order valence-electron chi connectivity index (χ0n) is 13.2. The SMILES string of the molecule is Cc1cccc(C(=O)N[C@@H](c2cnn(C)c2)C2CC(O)C2)c1O. The first-order chi connectivity index (χ1) is 11.0. The molecule has 0 bridgehead atoms. The highest BCUT2D eigenvalue weighted by molar-refractivity contribution is 5.97. The van der Waals surface area contributed by atoms with E-state index in [0.717, 1.165) is 5.56 Å². The van der Waals surface area contributed by atoms with Gasteiger partial charge in [-0.3, -0.25) is 9.48 Å². The van der Waals surface area contributed by atoms with Crippen LogP contribution in [0.1, 0.15) is 40.4 Å². The Bertz CT molecular complexity index is 720. The van der Waals surface area contributed by atoms with Crippen molar-refractivity contribution in [3.8, 4) is 5.75 Å². The van der Waals surface area contributed by atoms with Gasteiger partial charge in [0.05, 0.1) is 23.9 Å². The van der Waals surface area contributed by atoms with E-state index in [1.165, 1.54) is 0 Å². The lowest BCUT2D eigenvalue weighted by Crippen LogP contribution is -2.41. The minimum absolute atomic E-state index is 0.00332. The third-order valence-electron chi connectivity index (χ3n) is 4.47. The van der Waals surface area contributed by atoms with Crippen LogP contribution in [0.15, 0.2) is 30.6 Å². The number of amides is 1. The molecule has 6 nitrogen and oxygen atoms in total. The second kappa shape index (κ2) is 6.04. The molecule has 6 heteroatoms. The van der Waals surface area contributed by atoms with Gasteiger partial charge in [-0.15, -0.1) is 0 Å². The van der Waals surface area contributed by atoms with Crippen LogP contribution in [0, 0.1) is 12.8 Å². The Kier molecular flexibility index (Phi) is 4.09. The average molecular weight is 315 g/mol. The van der Waals surface area contributed by atoms with E-state index in [1.807, 2.05) is 13.2 Å². The first-order valence-electron chi connectivity index (χ1n) is 7.71. The molecule has 1 atom stereocenters. The second-order valence-corrected chi connectivity index (χ2v) is 6.25. The smallest absolute Gasteiger partial charge is 0.255 e. The van der Waals surface area contributed by atoms with Crippen LogP contribution in [0.5, 0.6) is 5.75 Å². The number of aliphatic hydroxyl groups is 1. The molecule has 0 saturated heterocycles. The maximum atomic E-state index is 12.6. The van der Waals surface area contributed by atoms with Gasteiger partial charge in [-0.2, -0.15) is 5.10 Å². The Balaban J connectivity index is 1.83. The molecular weight excluding hydrogens is 294 g/mol. The van der Waals surface area contributed by atoms with Crippen molar-refractivity contribution >= 4 is 5.91 Å². The summed E-state index contributed by atoms with van der Waals surface area (Å²) in [4.78, 5) is 12.6. The number of nitrogens with zero attached hydrogens (tertiary/aromatic N) is 2. The van der Waals surface area contributed by atoms with Gasteiger partial charge in [0.15, 0.2) is 0 Å². The van der Waals surface area contributed by atoms with Crippen LogP contribution in [0.4, 0.5) is 0 Å². The summed E-state index contributed by atoms with van der Waals surface area (Å²) in [6.07, 6.45) is 4.60. The molecule has 2 aromatic rings. The predicted molar refractivity (Wildman–Crippen MR) is 85.0 cm³/mol. The second-order valence-electron chi connectivity index (χ2n) is 6.25. The van der Waals surface area contributed by atoms with Crippen LogP contribution in [-0.2, 0) is 7.05 Å². The van der Waals surface area contributed by atoms with Crippen LogP contribution < -0.4 is 5.32 Å². The molecule has 3 N–H and O–H groups in total. The fraction of sp³-hybridized carbons (Fsp3) is 0.412. The standard InChI is InChI=1S/C17H21N3O3/c1-10-4-3-5-14(16(10)22)17(23)19-15(11-6-13(21)7-11)12-8-18-20(2)9-12/h3-5,8-9,11,13,15,21-22H,6-7H2,1-2H3,(H,19,23)/t11?,13?,15-/m1/s1. The molecule has 3 rings (SSSR count). The van der Waals surface area contributed by atoms with Crippen molar-refractivity contribution in [2.75, 3.05) is 0 Å². The highest BCUT2D eigenvalue weighted by Crippen LogP contribution is 2.38. The van der Waals surface area contributed by atoms with E-state index in [2.05, 4.69) is 10.4 Å². The van der Waals surface area contributed by atoms with Crippen molar-refractivity contribution in [3.05, 3.63) is 47.3 Å². The van der Waals surface area contributed by atoms with Crippen molar-refractivity contribution < 1.29 is 15.0 Å². The molecule has 23 heavy (non-hydrogen) atoms. The number of carbonyl (C=O) groups excluding carboxylic acids is 1. The molecule has 0 aliphatic heterocycles. The van der Waals surface area contributed by atoms with Crippen molar-refractivity contribution in [3.63, 3.8) is 0 Å². The Hall–Kier alpha value is -2.34. The summed E-state index contributed by atoms with van der Waals surface area (Å²) in [5, 5.41) is 26.8. The van der Waals surface area contributed by atoms with Crippen molar-refractivity contribution in [1.82, 2.24) is 15.1 Å². The lowest BCUT2D eigenvalue weighted by molar-refractivity contribution is 0.0235. The summed E-state index contributed by atoms with van der Waals surface area (Å²) < 4.78 is 1.69. The van der Waals surface area contributed by atoms with E-state index in [0.29, 0.717) is 18.4 Å². The van der Waals surface area contributed by atoms with Gasteiger partial charge in [0.25, 0.3) is 5.91 Å². The molecule has 1 heterocycles. The minimum Gasteiger partial charge on any atom is -0.507 e. The highest BCUT2D eigenvalue weighted by atomic mass is 16.3. The first kappa shape index (κ1) is 15.6. The summed E-state index contributed by atoms with van der Waals surface area (Å²) in [5.41, 5.74) is 1.83. The van der Waals surface area contributed by atoms with E-state index in [-0.39, 0.29) is 35.3 Å². The van der Waals surface area contributed by atoms with E-state index in [1.54, 1.807) is 36.0 Å². The lowest BCUT2D eigenvalue weighted by Gasteiger charge is -2.37. The zero-order valence-corrected chi connectivity index (χ0v) is 13.2. The number of aliphatic hydroxyl groups excluding tert-OH is 1. The number of aromatic nitrogens is 2. The molecule has 0 spiro atoms. The fourth-order valence-electron chi connectivity index (χ4n) is 3.04. The van der Waals surface area contributed by atoms with Crippen molar-refractivity contribution in [2.24, 2.45) is 13.0 Å². The van der Waals surface area contributed by atoms with Gasteiger partial charge in [0.2, 0.25) is 0 Å². The molecule has 1 aromatic heterocycles. The lowest BCUT2D eigenvalue weighted by atomic mass is 9.75. The van der Waals surface area contributed by atoms with E-state index < -0.39 is 0 Å². The highest BCUT2D eigenvalue weighted by Gasteiger charge is 2.36. The van der Waals surface area contributed by atoms with Gasteiger partial charge in [-0.25, -0.2) is 0 Å². The van der Waals surface area contributed by atoms with Gasteiger partial charge < -0.3 is 15.5 Å². The molecule has 1 amide bonds. The number of carbonyl (C=O) groups is 1. The summed E-state index contributed by atoms with van der Waals surface area (Å²) in [6.45, 7) is 1.76. The number of benzene rings is 1. The van der Waals surface area contributed by atoms with E-state index >= 15 is 0 Å². The van der Waals surface area contributed by atoms with Gasteiger partial charge in [-0.05, 0) is 37.3 Å². The van der Waals surface area contributed by atoms with Crippen LogP contribution >= 0.6 is 0 Å². The molecule has 0 unspecified atom stereocenters. The molecule has 1 aliphatic rings. The average Bonchev–Trinajstić information content (AvgIpc) is 2.91. The number of phenols is 1. The monoisotopic (exact) mass is 315 g/mol. The predicted octanol–water partition coefficient (Wildman–Crippen LogP) is 1.68. The van der Waals surface area contributed by atoms with Gasteiger partial charge in [0.1, 0.15) is 5.75 Å². The zero-order chi connectivity index (χ0) is 16.6. The number of hydrogen-bond acceptors (Lipinski definition) is 4.